The minimum atomic E-state index is -0.865. The molecule has 6 nitrogen and oxygen atoms in total. The van der Waals surface area contributed by atoms with Gasteiger partial charge >= 0.3 is 0 Å². The van der Waals surface area contributed by atoms with Crippen LogP contribution in [0.3, 0.4) is 0 Å². The molecule has 2 amide bonds. The van der Waals surface area contributed by atoms with Gasteiger partial charge in [-0.3, -0.25) is 9.59 Å². The normalized spacial score (nSPS) is 17.9. The third kappa shape index (κ3) is 6.12. The van der Waals surface area contributed by atoms with E-state index in [9.17, 15) is 18.4 Å². The molecular formula is C27H30F2N4O2. The van der Waals surface area contributed by atoms with Crippen molar-refractivity contribution < 1.29 is 18.4 Å². The number of nitrogens with one attached hydrogen (secondary N) is 2. The number of fused-ring (bicyclic) bond motifs is 1. The lowest BCUT2D eigenvalue weighted by molar-refractivity contribution is -0.121. The second-order valence-corrected chi connectivity index (χ2v) is 9.60. The molecule has 2 heterocycles. The summed E-state index contributed by atoms with van der Waals surface area (Å²) in [6.45, 7) is 8.58. The van der Waals surface area contributed by atoms with Crippen molar-refractivity contribution in [1.29, 1.82) is 0 Å². The van der Waals surface area contributed by atoms with E-state index in [1.807, 2.05) is 19.1 Å². The van der Waals surface area contributed by atoms with Gasteiger partial charge in [-0.1, -0.05) is 13.8 Å². The van der Waals surface area contributed by atoms with Crippen LogP contribution in [0.1, 0.15) is 38.7 Å². The molecule has 0 bridgehead atoms. The molecule has 184 valence electrons. The number of carbonyl (C=O) groups is 2. The van der Waals surface area contributed by atoms with Crippen LogP contribution < -0.4 is 15.5 Å². The van der Waals surface area contributed by atoms with E-state index in [1.165, 1.54) is 6.42 Å². The first-order valence-electron chi connectivity index (χ1n) is 11.9. The molecule has 35 heavy (non-hydrogen) atoms. The molecule has 2 unspecified atom stereocenters. The van der Waals surface area contributed by atoms with Gasteiger partial charge in [-0.25, -0.2) is 13.8 Å². The summed E-state index contributed by atoms with van der Waals surface area (Å²) >= 11 is 0. The van der Waals surface area contributed by atoms with Gasteiger partial charge in [0.1, 0.15) is 17.5 Å². The molecule has 8 heteroatoms. The largest absolute Gasteiger partial charge is 0.356 e. The quantitative estimate of drug-likeness (QED) is 0.477. The molecule has 1 saturated heterocycles. The topological polar surface area (TPSA) is 74.3 Å². The Morgan fingerprint density at radius 1 is 0.971 bits per heavy atom. The number of carbonyl (C=O) groups excluding carboxylic acids is 2. The fourth-order valence-corrected chi connectivity index (χ4v) is 4.72. The number of amides is 2. The van der Waals surface area contributed by atoms with Crippen molar-refractivity contribution in [3.8, 4) is 0 Å². The average Bonchev–Trinajstić information content (AvgIpc) is 2.79. The van der Waals surface area contributed by atoms with Crippen molar-refractivity contribution in [1.82, 2.24) is 4.98 Å². The zero-order valence-electron chi connectivity index (χ0n) is 20.2. The van der Waals surface area contributed by atoms with Gasteiger partial charge in [-0.05, 0) is 67.1 Å². The van der Waals surface area contributed by atoms with Crippen LogP contribution in [-0.4, -0.2) is 29.9 Å². The zero-order valence-corrected chi connectivity index (χ0v) is 20.2. The van der Waals surface area contributed by atoms with Gasteiger partial charge in [0.2, 0.25) is 11.8 Å². The Hall–Kier alpha value is -3.55. The Balaban J connectivity index is 1.37. The van der Waals surface area contributed by atoms with Gasteiger partial charge in [0.05, 0.1) is 11.2 Å². The van der Waals surface area contributed by atoms with E-state index in [-0.39, 0.29) is 24.4 Å². The molecule has 1 aromatic heterocycles. The third-order valence-corrected chi connectivity index (χ3v) is 6.26. The Morgan fingerprint density at radius 3 is 2.34 bits per heavy atom. The molecule has 1 aliphatic rings. The Labute approximate surface area is 203 Å². The maximum Gasteiger partial charge on any atom is 0.224 e. The van der Waals surface area contributed by atoms with Crippen molar-refractivity contribution in [2.75, 3.05) is 28.6 Å². The first-order valence-corrected chi connectivity index (χ1v) is 11.9. The number of anilines is 3. The summed E-state index contributed by atoms with van der Waals surface area (Å²) in [6, 6.07) is 10.6. The fraction of sp³-hybridized carbons (Fsp3) is 0.370. The summed E-state index contributed by atoms with van der Waals surface area (Å²) in [5.74, 6) is -0.218. The van der Waals surface area contributed by atoms with E-state index in [1.54, 1.807) is 6.07 Å². The lowest BCUT2D eigenvalue weighted by atomic mass is 9.92. The van der Waals surface area contributed by atoms with Gasteiger partial charge in [0, 0.05) is 43.1 Å². The van der Waals surface area contributed by atoms with Crippen LogP contribution in [0.25, 0.3) is 10.9 Å². The standard InChI is InChI=1S/C27H30F2N4O2/c1-16-10-17(2)15-33(14-16)25-11-18(3)21-13-20(5-7-23(21)31-25)30-26(34)8-9-27(35)32-24-6-4-19(28)12-22(24)29/h4-7,11-13,16-17H,8-10,14-15H2,1-3H3,(H,30,34)(H,32,35). The highest BCUT2D eigenvalue weighted by Gasteiger charge is 2.23. The van der Waals surface area contributed by atoms with Crippen LogP contribution in [0.4, 0.5) is 26.0 Å². The summed E-state index contributed by atoms with van der Waals surface area (Å²) < 4.78 is 26.7. The van der Waals surface area contributed by atoms with Crippen molar-refractivity contribution >= 4 is 39.9 Å². The van der Waals surface area contributed by atoms with E-state index in [2.05, 4.69) is 35.4 Å². The maximum atomic E-state index is 13.7. The van der Waals surface area contributed by atoms with E-state index in [4.69, 9.17) is 4.98 Å². The number of hydrogen-bond donors (Lipinski definition) is 2. The molecule has 2 aromatic carbocycles. The molecule has 0 saturated carbocycles. The number of rotatable bonds is 6. The third-order valence-electron chi connectivity index (χ3n) is 6.26. The van der Waals surface area contributed by atoms with Gasteiger partial charge < -0.3 is 15.5 Å². The van der Waals surface area contributed by atoms with Gasteiger partial charge in [-0.2, -0.15) is 0 Å². The predicted octanol–water partition coefficient (Wildman–Crippen LogP) is 5.66. The number of pyridine rings is 1. The zero-order chi connectivity index (χ0) is 25.1. The number of halogens is 2. The molecular weight excluding hydrogens is 450 g/mol. The molecule has 0 radical (unpaired) electrons. The van der Waals surface area contributed by atoms with Crippen molar-refractivity contribution in [3.63, 3.8) is 0 Å². The van der Waals surface area contributed by atoms with Gasteiger partial charge in [0.25, 0.3) is 0 Å². The minimum Gasteiger partial charge on any atom is -0.356 e. The van der Waals surface area contributed by atoms with Crippen LogP contribution in [0.15, 0.2) is 42.5 Å². The molecule has 0 aliphatic carbocycles. The molecule has 1 fully saturated rings. The summed E-state index contributed by atoms with van der Waals surface area (Å²) in [4.78, 5) is 31.7. The summed E-state index contributed by atoms with van der Waals surface area (Å²) in [7, 11) is 0. The van der Waals surface area contributed by atoms with E-state index in [0.717, 1.165) is 47.5 Å². The van der Waals surface area contributed by atoms with Gasteiger partial charge in [0.15, 0.2) is 0 Å². The molecule has 2 N–H and O–H groups in total. The number of aryl methyl sites for hydroxylation is 1. The second-order valence-electron chi connectivity index (χ2n) is 9.60. The second kappa shape index (κ2) is 10.4. The highest BCUT2D eigenvalue weighted by molar-refractivity contribution is 5.98. The first-order chi connectivity index (χ1) is 16.7. The predicted molar refractivity (Wildman–Crippen MR) is 134 cm³/mol. The SMILES string of the molecule is Cc1cc(N2CC(C)CC(C)C2)nc2ccc(NC(=O)CCC(=O)Nc3ccc(F)cc3F)cc12. The van der Waals surface area contributed by atoms with Crippen LogP contribution >= 0.6 is 0 Å². The monoisotopic (exact) mass is 480 g/mol. The van der Waals surface area contributed by atoms with E-state index in [0.29, 0.717) is 23.6 Å². The Morgan fingerprint density at radius 2 is 1.66 bits per heavy atom. The number of aromatic nitrogens is 1. The summed E-state index contributed by atoms with van der Waals surface area (Å²) in [6.07, 6.45) is 1.03. The summed E-state index contributed by atoms with van der Waals surface area (Å²) in [5, 5.41) is 6.11. The lowest BCUT2D eigenvalue weighted by Gasteiger charge is -2.36. The summed E-state index contributed by atoms with van der Waals surface area (Å²) in [5.41, 5.74) is 2.43. The van der Waals surface area contributed by atoms with Gasteiger partial charge in [-0.15, -0.1) is 0 Å². The Kier molecular flexibility index (Phi) is 7.28. The van der Waals surface area contributed by atoms with E-state index < -0.39 is 17.5 Å². The fourth-order valence-electron chi connectivity index (χ4n) is 4.72. The van der Waals surface area contributed by atoms with Crippen LogP contribution in [0.2, 0.25) is 0 Å². The number of piperidine rings is 1. The molecule has 3 aromatic rings. The van der Waals surface area contributed by atoms with Crippen LogP contribution in [-0.2, 0) is 9.59 Å². The van der Waals surface area contributed by atoms with Crippen molar-refractivity contribution in [3.05, 3.63) is 59.7 Å². The average molecular weight is 481 g/mol. The highest BCUT2D eigenvalue weighted by atomic mass is 19.1. The first kappa shape index (κ1) is 24.6. The number of hydrogen-bond acceptors (Lipinski definition) is 4. The minimum absolute atomic E-state index is 0.0752. The Bertz CT molecular complexity index is 1250. The van der Waals surface area contributed by atoms with Crippen molar-refractivity contribution in [2.24, 2.45) is 11.8 Å². The smallest absolute Gasteiger partial charge is 0.224 e. The molecule has 2 atom stereocenters. The lowest BCUT2D eigenvalue weighted by Crippen LogP contribution is -2.39. The molecule has 1 aliphatic heterocycles. The number of benzene rings is 2. The molecule has 0 spiro atoms. The van der Waals surface area contributed by atoms with Crippen LogP contribution in [0, 0.1) is 30.4 Å². The van der Waals surface area contributed by atoms with E-state index >= 15 is 0 Å². The van der Waals surface area contributed by atoms with Crippen LogP contribution in [0.5, 0.6) is 0 Å². The highest BCUT2D eigenvalue weighted by Crippen LogP contribution is 2.29. The maximum absolute atomic E-state index is 13.7. The molecule has 4 rings (SSSR count). The number of nitrogens with zero attached hydrogens (tertiary/aromatic N) is 2. The van der Waals surface area contributed by atoms with Crippen molar-refractivity contribution in [2.45, 2.75) is 40.0 Å².